The standard InChI is InChI=1S/C14H18N2O3S/c1-2-10-19-12-13-5-8-16(9-6-13)20(17,18)14-4-3-7-15-11-14/h1,3-4,7,11,13H,5-6,8-10,12H2. The van der Waals surface area contributed by atoms with Gasteiger partial charge in [0.25, 0.3) is 0 Å². The number of nitrogens with zero attached hydrogens (tertiary/aromatic N) is 2. The number of hydrogen-bond donors (Lipinski definition) is 0. The number of ether oxygens (including phenoxy) is 1. The van der Waals surface area contributed by atoms with Crippen molar-refractivity contribution >= 4 is 10.0 Å². The van der Waals surface area contributed by atoms with Crippen molar-refractivity contribution in [3.8, 4) is 12.3 Å². The third-order valence-electron chi connectivity index (χ3n) is 3.38. The van der Waals surface area contributed by atoms with Crippen LogP contribution in [-0.2, 0) is 14.8 Å². The van der Waals surface area contributed by atoms with Gasteiger partial charge in [0.1, 0.15) is 11.5 Å². The maximum atomic E-state index is 12.4. The van der Waals surface area contributed by atoms with Gasteiger partial charge in [-0.1, -0.05) is 5.92 Å². The highest BCUT2D eigenvalue weighted by Crippen LogP contribution is 2.23. The summed E-state index contributed by atoms with van der Waals surface area (Å²) in [7, 11) is -3.41. The molecule has 108 valence electrons. The van der Waals surface area contributed by atoms with Crippen LogP contribution in [0, 0.1) is 18.3 Å². The molecular weight excluding hydrogens is 276 g/mol. The van der Waals surface area contributed by atoms with Crippen LogP contribution < -0.4 is 0 Å². The predicted octanol–water partition coefficient (Wildman–Crippen LogP) is 1.13. The zero-order chi connectivity index (χ0) is 14.4. The molecule has 0 amide bonds. The van der Waals surface area contributed by atoms with Gasteiger partial charge in [-0.2, -0.15) is 4.31 Å². The number of sulfonamides is 1. The molecule has 2 heterocycles. The molecule has 1 aliphatic rings. The van der Waals surface area contributed by atoms with Crippen molar-refractivity contribution in [3.05, 3.63) is 24.5 Å². The van der Waals surface area contributed by atoms with Gasteiger partial charge >= 0.3 is 0 Å². The molecule has 0 spiro atoms. The van der Waals surface area contributed by atoms with E-state index < -0.39 is 10.0 Å². The predicted molar refractivity (Wildman–Crippen MR) is 75.4 cm³/mol. The van der Waals surface area contributed by atoms with Crippen LogP contribution in [0.2, 0.25) is 0 Å². The number of terminal acetylenes is 1. The minimum absolute atomic E-state index is 0.252. The molecule has 1 aromatic heterocycles. The van der Waals surface area contributed by atoms with E-state index in [4.69, 9.17) is 11.2 Å². The van der Waals surface area contributed by atoms with E-state index >= 15 is 0 Å². The molecule has 1 aromatic rings. The Labute approximate surface area is 120 Å². The second kappa shape index (κ2) is 6.84. The first-order chi connectivity index (χ1) is 9.64. The van der Waals surface area contributed by atoms with E-state index in [0.717, 1.165) is 12.8 Å². The lowest BCUT2D eigenvalue weighted by molar-refractivity contribution is 0.101. The summed E-state index contributed by atoms with van der Waals surface area (Å²) in [6.07, 6.45) is 9.66. The number of piperidine rings is 1. The van der Waals surface area contributed by atoms with Crippen LogP contribution in [0.4, 0.5) is 0 Å². The van der Waals surface area contributed by atoms with Gasteiger partial charge in [-0.3, -0.25) is 4.98 Å². The van der Waals surface area contributed by atoms with Gasteiger partial charge < -0.3 is 4.74 Å². The summed E-state index contributed by atoms with van der Waals surface area (Å²) >= 11 is 0. The SMILES string of the molecule is C#CCOCC1CCN(S(=O)(=O)c2cccnc2)CC1. The number of hydrogen-bond acceptors (Lipinski definition) is 4. The van der Waals surface area contributed by atoms with Gasteiger partial charge in [0.2, 0.25) is 10.0 Å². The summed E-state index contributed by atoms with van der Waals surface area (Å²) < 4.78 is 31.6. The largest absolute Gasteiger partial charge is 0.369 e. The summed E-state index contributed by atoms with van der Waals surface area (Å²) in [5.41, 5.74) is 0. The summed E-state index contributed by atoms with van der Waals surface area (Å²) in [6.45, 7) is 1.95. The van der Waals surface area contributed by atoms with Crippen LogP contribution in [0.25, 0.3) is 0 Å². The molecule has 0 aromatic carbocycles. The molecular formula is C14H18N2O3S. The van der Waals surface area contributed by atoms with Crippen LogP contribution in [-0.4, -0.2) is 44.0 Å². The molecule has 1 saturated heterocycles. The molecule has 6 heteroatoms. The van der Waals surface area contributed by atoms with Crippen LogP contribution >= 0.6 is 0 Å². The monoisotopic (exact) mass is 294 g/mol. The zero-order valence-corrected chi connectivity index (χ0v) is 12.1. The molecule has 1 fully saturated rings. The Morgan fingerprint density at radius 3 is 2.80 bits per heavy atom. The van der Waals surface area contributed by atoms with E-state index in [1.165, 1.54) is 10.5 Å². The quantitative estimate of drug-likeness (QED) is 0.603. The summed E-state index contributed by atoms with van der Waals surface area (Å²) in [5, 5.41) is 0. The third kappa shape index (κ3) is 3.57. The molecule has 0 saturated carbocycles. The molecule has 0 bridgehead atoms. The van der Waals surface area contributed by atoms with Crippen molar-refractivity contribution in [2.45, 2.75) is 17.7 Å². The van der Waals surface area contributed by atoms with Crippen molar-refractivity contribution in [1.29, 1.82) is 0 Å². The maximum absolute atomic E-state index is 12.4. The van der Waals surface area contributed by atoms with Crippen LogP contribution in [0.1, 0.15) is 12.8 Å². The highest BCUT2D eigenvalue weighted by Gasteiger charge is 2.29. The molecule has 0 aliphatic carbocycles. The smallest absolute Gasteiger partial charge is 0.244 e. The molecule has 20 heavy (non-hydrogen) atoms. The lowest BCUT2D eigenvalue weighted by atomic mass is 9.99. The van der Waals surface area contributed by atoms with Gasteiger partial charge in [-0.25, -0.2) is 8.42 Å². The normalized spacial score (nSPS) is 17.8. The molecule has 0 radical (unpaired) electrons. The van der Waals surface area contributed by atoms with Gasteiger partial charge in [0.15, 0.2) is 0 Å². The Kier molecular flexibility index (Phi) is 5.12. The minimum Gasteiger partial charge on any atom is -0.369 e. The fraction of sp³-hybridized carbons (Fsp3) is 0.500. The van der Waals surface area contributed by atoms with Gasteiger partial charge in [-0.15, -0.1) is 6.42 Å². The highest BCUT2D eigenvalue weighted by atomic mass is 32.2. The first kappa shape index (κ1) is 15.0. The number of aromatic nitrogens is 1. The Hall–Kier alpha value is -1.42. The second-order valence-electron chi connectivity index (χ2n) is 4.76. The summed E-state index contributed by atoms with van der Waals surface area (Å²) in [4.78, 5) is 4.12. The van der Waals surface area contributed by atoms with E-state index in [-0.39, 0.29) is 4.90 Å². The molecule has 5 nitrogen and oxygen atoms in total. The second-order valence-corrected chi connectivity index (χ2v) is 6.69. The molecule has 0 atom stereocenters. The van der Waals surface area contributed by atoms with Crippen LogP contribution in [0.5, 0.6) is 0 Å². The average Bonchev–Trinajstić information content (AvgIpc) is 2.49. The Morgan fingerprint density at radius 1 is 1.45 bits per heavy atom. The van der Waals surface area contributed by atoms with Crippen LogP contribution in [0.15, 0.2) is 29.4 Å². The Bertz CT molecular complexity index is 558. The summed E-state index contributed by atoms with van der Waals surface area (Å²) in [6, 6.07) is 3.21. The van der Waals surface area contributed by atoms with Crippen molar-refractivity contribution in [2.24, 2.45) is 5.92 Å². The van der Waals surface area contributed by atoms with Gasteiger partial charge in [0.05, 0.1) is 6.61 Å². The average molecular weight is 294 g/mol. The van der Waals surface area contributed by atoms with Crippen molar-refractivity contribution in [2.75, 3.05) is 26.3 Å². The summed E-state index contributed by atoms with van der Waals surface area (Å²) in [5.74, 6) is 2.80. The van der Waals surface area contributed by atoms with E-state index in [1.807, 2.05) is 0 Å². The fourth-order valence-electron chi connectivity index (χ4n) is 2.25. The molecule has 1 aliphatic heterocycles. The van der Waals surface area contributed by atoms with E-state index in [9.17, 15) is 8.42 Å². The topological polar surface area (TPSA) is 59.5 Å². The molecule has 0 unspecified atom stereocenters. The third-order valence-corrected chi connectivity index (χ3v) is 5.27. The Balaban J connectivity index is 1.92. The lowest BCUT2D eigenvalue weighted by Crippen LogP contribution is -2.39. The fourth-order valence-corrected chi connectivity index (χ4v) is 3.68. The van der Waals surface area contributed by atoms with Crippen molar-refractivity contribution in [1.82, 2.24) is 9.29 Å². The first-order valence-corrected chi connectivity index (χ1v) is 8.00. The maximum Gasteiger partial charge on any atom is 0.244 e. The van der Waals surface area contributed by atoms with Crippen molar-refractivity contribution < 1.29 is 13.2 Å². The van der Waals surface area contributed by atoms with E-state index in [1.54, 1.807) is 18.3 Å². The molecule has 0 N–H and O–H groups in total. The highest BCUT2D eigenvalue weighted by molar-refractivity contribution is 7.89. The number of rotatable bonds is 5. The molecule has 2 rings (SSSR count). The number of pyridine rings is 1. The Morgan fingerprint density at radius 2 is 2.20 bits per heavy atom. The van der Waals surface area contributed by atoms with Gasteiger partial charge in [0, 0.05) is 25.5 Å². The van der Waals surface area contributed by atoms with Gasteiger partial charge in [-0.05, 0) is 30.9 Å². The van der Waals surface area contributed by atoms with Crippen LogP contribution in [0.3, 0.4) is 0 Å². The first-order valence-electron chi connectivity index (χ1n) is 6.56. The van der Waals surface area contributed by atoms with E-state index in [2.05, 4.69) is 10.9 Å². The lowest BCUT2D eigenvalue weighted by Gasteiger charge is -2.30. The van der Waals surface area contributed by atoms with Crippen molar-refractivity contribution in [3.63, 3.8) is 0 Å². The minimum atomic E-state index is -3.41. The van der Waals surface area contributed by atoms with E-state index in [0.29, 0.717) is 32.2 Å². The zero-order valence-electron chi connectivity index (χ0n) is 11.2.